The Labute approximate surface area is 107 Å². The van der Waals surface area contributed by atoms with Crippen LogP contribution in [0.3, 0.4) is 0 Å². The number of halogens is 1. The van der Waals surface area contributed by atoms with Crippen LogP contribution in [0.25, 0.3) is 0 Å². The average Bonchev–Trinajstić information content (AvgIpc) is 2.27. The maximum Gasteiger partial charge on any atom is 0.335 e. The van der Waals surface area contributed by atoms with Crippen LogP contribution in [0.15, 0.2) is 18.2 Å². The van der Waals surface area contributed by atoms with Gasteiger partial charge in [-0.2, -0.15) is 0 Å². The second-order valence-corrected chi connectivity index (χ2v) is 4.55. The first kappa shape index (κ1) is 14.4. The molecule has 0 spiro atoms. The molecule has 1 aromatic carbocycles. The van der Waals surface area contributed by atoms with Crippen molar-refractivity contribution >= 4 is 11.7 Å². The van der Waals surface area contributed by atoms with Gasteiger partial charge in [-0.05, 0) is 45.3 Å². The van der Waals surface area contributed by atoms with E-state index < -0.39 is 11.8 Å². The van der Waals surface area contributed by atoms with Crippen LogP contribution in [-0.2, 0) is 0 Å². The van der Waals surface area contributed by atoms with E-state index >= 15 is 0 Å². The normalized spacial score (nSPS) is 10.7. The highest BCUT2D eigenvalue weighted by Gasteiger charge is 2.11. The van der Waals surface area contributed by atoms with Crippen molar-refractivity contribution in [3.8, 4) is 0 Å². The summed E-state index contributed by atoms with van der Waals surface area (Å²) in [5.74, 6) is -1.61. The van der Waals surface area contributed by atoms with Crippen LogP contribution in [0.1, 0.15) is 16.8 Å². The van der Waals surface area contributed by atoms with Gasteiger partial charge in [0.15, 0.2) is 0 Å². The van der Waals surface area contributed by atoms with E-state index in [0.29, 0.717) is 5.69 Å². The standard InChI is InChI=1S/C13H19FN2O2/c1-15(2)7-4-8-16(3)12-6-5-10(13(17)18)9-11(12)14/h5-6,9H,4,7-8H2,1-3H3,(H,17,18). The summed E-state index contributed by atoms with van der Waals surface area (Å²) in [6, 6.07) is 3.98. The Morgan fingerprint density at radius 2 is 1.94 bits per heavy atom. The molecule has 0 unspecified atom stereocenters. The minimum absolute atomic E-state index is 0.0297. The smallest absolute Gasteiger partial charge is 0.335 e. The number of nitrogens with zero attached hydrogens (tertiary/aromatic N) is 2. The molecule has 0 bridgehead atoms. The van der Waals surface area contributed by atoms with E-state index in [4.69, 9.17) is 5.11 Å². The summed E-state index contributed by atoms with van der Waals surface area (Å²) in [6.07, 6.45) is 0.920. The number of anilines is 1. The molecule has 0 fully saturated rings. The van der Waals surface area contributed by atoms with Crippen LogP contribution >= 0.6 is 0 Å². The third kappa shape index (κ3) is 4.00. The molecule has 0 saturated carbocycles. The van der Waals surface area contributed by atoms with Crippen molar-refractivity contribution < 1.29 is 14.3 Å². The second-order valence-electron chi connectivity index (χ2n) is 4.55. The molecule has 0 heterocycles. The van der Waals surface area contributed by atoms with E-state index in [1.165, 1.54) is 12.1 Å². The fourth-order valence-corrected chi connectivity index (χ4v) is 1.69. The van der Waals surface area contributed by atoms with Gasteiger partial charge in [0, 0.05) is 13.6 Å². The lowest BCUT2D eigenvalue weighted by atomic mass is 10.2. The average molecular weight is 254 g/mol. The van der Waals surface area contributed by atoms with Crippen molar-refractivity contribution in [2.75, 3.05) is 39.1 Å². The van der Waals surface area contributed by atoms with E-state index in [0.717, 1.165) is 25.6 Å². The Hall–Kier alpha value is -1.62. The van der Waals surface area contributed by atoms with Crippen LogP contribution in [-0.4, -0.2) is 50.2 Å². The quantitative estimate of drug-likeness (QED) is 0.842. The summed E-state index contributed by atoms with van der Waals surface area (Å²) in [7, 11) is 5.78. The monoisotopic (exact) mass is 254 g/mol. The van der Waals surface area contributed by atoms with Crippen molar-refractivity contribution in [1.29, 1.82) is 0 Å². The number of hydrogen-bond donors (Lipinski definition) is 1. The highest BCUT2D eigenvalue weighted by Crippen LogP contribution is 2.19. The number of aromatic carboxylic acids is 1. The third-order valence-electron chi connectivity index (χ3n) is 2.70. The predicted molar refractivity (Wildman–Crippen MR) is 69.8 cm³/mol. The van der Waals surface area contributed by atoms with E-state index in [9.17, 15) is 9.18 Å². The van der Waals surface area contributed by atoms with E-state index in [1.807, 2.05) is 14.1 Å². The van der Waals surface area contributed by atoms with Gasteiger partial charge in [0.05, 0.1) is 11.3 Å². The predicted octanol–water partition coefficient (Wildman–Crippen LogP) is 1.91. The fourth-order valence-electron chi connectivity index (χ4n) is 1.69. The zero-order valence-electron chi connectivity index (χ0n) is 11.0. The van der Waals surface area contributed by atoms with E-state index in [-0.39, 0.29) is 5.56 Å². The SMILES string of the molecule is CN(C)CCCN(C)c1ccc(C(=O)O)cc1F. The zero-order valence-corrected chi connectivity index (χ0v) is 11.0. The summed E-state index contributed by atoms with van der Waals surface area (Å²) < 4.78 is 13.7. The lowest BCUT2D eigenvalue weighted by Crippen LogP contribution is -2.24. The number of carbonyl (C=O) groups is 1. The molecule has 0 atom stereocenters. The molecule has 0 aliphatic rings. The molecule has 1 rings (SSSR count). The van der Waals surface area contributed by atoms with Gasteiger partial charge in [-0.3, -0.25) is 0 Å². The van der Waals surface area contributed by atoms with Gasteiger partial charge in [0.2, 0.25) is 0 Å². The maximum absolute atomic E-state index is 13.7. The van der Waals surface area contributed by atoms with Gasteiger partial charge in [-0.25, -0.2) is 9.18 Å². The lowest BCUT2D eigenvalue weighted by Gasteiger charge is -2.21. The number of carboxylic acid groups (broad SMARTS) is 1. The highest BCUT2D eigenvalue weighted by atomic mass is 19.1. The van der Waals surface area contributed by atoms with Crippen LogP contribution in [0.5, 0.6) is 0 Å². The van der Waals surface area contributed by atoms with Gasteiger partial charge in [0.1, 0.15) is 5.82 Å². The molecule has 4 nitrogen and oxygen atoms in total. The first-order valence-corrected chi connectivity index (χ1v) is 5.80. The summed E-state index contributed by atoms with van der Waals surface area (Å²) in [5, 5.41) is 8.76. The van der Waals surface area contributed by atoms with Gasteiger partial charge in [-0.1, -0.05) is 0 Å². The summed E-state index contributed by atoms with van der Waals surface area (Å²) in [6.45, 7) is 1.65. The van der Waals surface area contributed by atoms with Crippen LogP contribution in [0.2, 0.25) is 0 Å². The largest absolute Gasteiger partial charge is 0.478 e. The van der Waals surface area contributed by atoms with Crippen molar-refractivity contribution in [2.24, 2.45) is 0 Å². The molecule has 0 radical (unpaired) electrons. The maximum atomic E-state index is 13.7. The molecule has 1 aromatic rings. The first-order chi connectivity index (χ1) is 8.41. The molecular formula is C13H19FN2O2. The Kier molecular flexibility index (Phi) is 5.09. The Morgan fingerprint density at radius 3 is 2.44 bits per heavy atom. The third-order valence-corrected chi connectivity index (χ3v) is 2.70. The Balaban J connectivity index is 2.68. The number of carboxylic acids is 1. The van der Waals surface area contributed by atoms with Crippen LogP contribution < -0.4 is 4.90 Å². The molecule has 0 aliphatic heterocycles. The van der Waals surface area contributed by atoms with Gasteiger partial charge in [-0.15, -0.1) is 0 Å². The van der Waals surface area contributed by atoms with E-state index in [1.54, 1.807) is 11.9 Å². The number of hydrogen-bond acceptors (Lipinski definition) is 3. The summed E-state index contributed by atoms with van der Waals surface area (Å²) in [5.41, 5.74) is 0.400. The molecular weight excluding hydrogens is 235 g/mol. The van der Waals surface area contributed by atoms with E-state index in [2.05, 4.69) is 4.90 Å². The van der Waals surface area contributed by atoms with Crippen molar-refractivity contribution in [2.45, 2.75) is 6.42 Å². The molecule has 100 valence electrons. The van der Waals surface area contributed by atoms with Crippen molar-refractivity contribution in [1.82, 2.24) is 4.90 Å². The lowest BCUT2D eigenvalue weighted by molar-refractivity contribution is 0.0696. The first-order valence-electron chi connectivity index (χ1n) is 5.80. The zero-order chi connectivity index (χ0) is 13.7. The molecule has 0 amide bonds. The van der Waals surface area contributed by atoms with Gasteiger partial charge in [0.25, 0.3) is 0 Å². The minimum atomic E-state index is -1.12. The molecule has 18 heavy (non-hydrogen) atoms. The van der Waals surface area contributed by atoms with Gasteiger partial charge >= 0.3 is 5.97 Å². The van der Waals surface area contributed by atoms with Crippen LogP contribution in [0, 0.1) is 5.82 Å². The Bertz CT molecular complexity index is 421. The summed E-state index contributed by atoms with van der Waals surface area (Å²) >= 11 is 0. The highest BCUT2D eigenvalue weighted by molar-refractivity contribution is 5.88. The van der Waals surface area contributed by atoms with Crippen LogP contribution in [0.4, 0.5) is 10.1 Å². The fraction of sp³-hybridized carbons (Fsp3) is 0.462. The molecule has 1 N–H and O–H groups in total. The molecule has 0 aromatic heterocycles. The van der Waals surface area contributed by atoms with Crippen molar-refractivity contribution in [3.63, 3.8) is 0 Å². The Morgan fingerprint density at radius 1 is 1.28 bits per heavy atom. The molecule has 0 saturated heterocycles. The summed E-state index contributed by atoms with van der Waals surface area (Å²) in [4.78, 5) is 14.6. The molecule has 0 aliphatic carbocycles. The number of benzene rings is 1. The minimum Gasteiger partial charge on any atom is -0.478 e. The topological polar surface area (TPSA) is 43.8 Å². The number of rotatable bonds is 6. The van der Waals surface area contributed by atoms with Gasteiger partial charge < -0.3 is 14.9 Å². The van der Waals surface area contributed by atoms with Crippen molar-refractivity contribution in [3.05, 3.63) is 29.6 Å². The molecule has 5 heteroatoms. The second kappa shape index (κ2) is 6.35.